The number of nitrogens with zero attached hydrogens (tertiary/aromatic N) is 1. The van der Waals surface area contributed by atoms with Crippen LogP contribution in [0.2, 0.25) is 25.7 Å². The molecule has 2 aromatic carbocycles. The second kappa shape index (κ2) is 13.3. The first-order chi connectivity index (χ1) is 18.2. The number of esters is 2. The maximum Gasteiger partial charge on any atom is 0.337 e. The molecule has 0 aromatic heterocycles. The van der Waals surface area contributed by atoms with Crippen LogP contribution in [0.15, 0.2) is 77.5 Å². The van der Waals surface area contributed by atoms with Crippen molar-refractivity contribution < 1.29 is 23.8 Å². The summed E-state index contributed by atoms with van der Waals surface area (Å²) in [6, 6.07) is 19.9. The Morgan fingerprint density at radius 3 is 2.11 bits per heavy atom. The van der Waals surface area contributed by atoms with E-state index in [1.54, 1.807) is 14.0 Å². The molecule has 1 unspecified atom stereocenters. The lowest BCUT2D eigenvalue weighted by atomic mass is 9.83. The van der Waals surface area contributed by atoms with Crippen molar-refractivity contribution in [2.75, 3.05) is 27.1 Å². The van der Waals surface area contributed by atoms with Gasteiger partial charge in [-0.05, 0) is 37.6 Å². The maximum absolute atomic E-state index is 13.9. The molecule has 1 aliphatic heterocycles. The molecule has 6 nitrogen and oxygen atoms in total. The molecule has 0 saturated carbocycles. The predicted molar refractivity (Wildman–Crippen MR) is 152 cm³/mol. The van der Waals surface area contributed by atoms with Crippen molar-refractivity contribution in [3.05, 3.63) is 88.6 Å². The minimum atomic E-state index is -1.45. The third-order valence-electron chi connectivity index (χ3n) is 6.14. The summed E-state index contributed by atoms with van der Waals surface area (Å²) in [6.45, 7) is 10.9. The lowest BCUT2D eigenvalue weighted by Crippen LogP contribution is -2.37. The van der Waals surface area contributed by atoms with Gasteiger partial charge in [0.25, 0.3) is 0 Å². The molecule has 0 amide bonds. The van der Waals surface area contributed by atoms with Crippen LogP contribution in [0.5, 0.6) is 0 Å². The van der Waals surface area contributed by atoms with E-state index in [0.29, 0.717) is 29.1 Å². The van der Waals surface area contributed by atoms with E-state index in [1.807, 2.05) is 72.5 Å². The number of methoxy groups -OCH3 is 1. The molecule has 200 valence electrons. The summed E-state index contributed by atoms with van der Waals surface area (Å²) in [5.74, 6) is 4.54. The Bertz CT molecular complexity index is 1250. The van der Waals surface area contributed by atoms with Crippen LogP contribution in [0.4, 0.5) is 0 Å². The molecular formula is C31H37NO5Si. The van der Waals surface area contributed by atoms with E-state index in [9.17, 15) is 9.59 Å². The summed E-state index contributed by atoms with van der Waals surface area (Å²) in [5.41, 5.74) is 3.43. The molecule has 7 heteroatoms. The molecule has 2 aromatic rings. The normalized spacial score (nSPS) is 15.6. The van der Waals surface area contributed by atoms with E-state index in [1.165, 1.54) is 0 Å². The van der Waals surface area contributed by atoms with Crippen molar-refractivity contribution in [1.82, 2.24) is 4.90 Å². The average molecular weight is 532 g/mol. The largest absolute Gasteiger partial charge is 0.463 e. The smallest absolute Gasteiger partial charge is 0.337 e. The van der Waals surface area contributed by atoms with Gasteiger partial charge in [-0.15, -0.1) is 0 Å². The SMILES string of the molecule is CCOC(=O)C1=C(C)N(COC)C(c2ccccc2)=C(C(=O)OCC[Si](C)(C)C)C1C#Cc1ccccc1. The fraction of sp³-hybridized carbons (Fsp3) is 0.355. The Kier molecular flexibility index (Phi) is 10.1. The zero-order chi connectivity index (χ0) is 27.7. The lowest BCUT2D eigenvalue weighted by Gasteiger charge is -2.37. The van der Waals surface area contributed by atoms with E-state index < -0.39 is 25.9 Å². The first-order valence-electron chi connectivity index (χ1n) is 12.9. The van der Waals surface area contributed by atoms with Gasteiger partial charge in [-0.2, -0.15) is 0 Å². The summed E-state index contributed by atoms with van der Waals surface area (Å²) >= 11 is 0. The van der Waals surface area contributed by atoms with Crippen LogP contribution in [-0.2, 0) is 23.8 Å². The minimum Gasteiger partial charge on any atom is -0.463 e. The highest BCUT2D eigenvalue weighted by atomic mass is 28.3. The number of carbonyl (C=O) groups is 2. The quantitative estimate of drug-likeness (QED) is 0.235. The van der Waals surface area contributed by atoms with Crippen molar-refractivity contribution in [3.63, 3.8) is 0 Å². The van der Waals surface area contributed by atoms with Gasteiger partial charge in [0, 0.05) is 26.4 Å². The highest BCUT2D eigenvalue weighted by molar-refractivity contribution is 6.76. The molecule has 0 N–H and O–H groups in total. The van der Waals surface area contributed by atoms with Gasteiger partial charge in [-0.1, -0.05) is 80.0 Å². The summed E-state index contributed by atoms with van der Waals surface area (Å²) in [6.07, 6.45) is 0. The van der Waals surface area contributed by atoms with Crippen LogP contribution in [0.25, 0.3) is 5.70 Å². The van der Waals surface area contributed by atoms with E-state index >= 15 is 0 Å². The molecular weight excluding hydrogens is 494 g/mol. The molecule has 38 heavy (non-hydrogen) atoms. The molecule has 1 aliphatic rings. The number of carbonyl (C=O) groups excluding carboxylic acids is 2. The zero-order valence-electron chi connectivity index (χ0n) is 23.2. The zero-order valence-corrected chi connectivity index (χ0v) is 24.2. The molecule has 0 saturated heterocycles. The van der Waals surface area contributed by atoms with Crippen molar-refractivity contribution >= 4 is 25.7 Å². The summed E-state index contributed by atoms with van der Waals surface area (Å²) in [4.78, 5) is 29.1. The van der Waals surface area contributed by atoms with Gasteiger partial charge in [0.15, 0.2) is 0 Å². The Morgan fingerprint density at radius 1 is 0.921 bits per heavy atom. The molecule has 1 atom stereocenters. The van der Waals surface area contributed by atoms with E-state index in [-0.39, 0.29) is 13.3 Å². The summed E-state index contributed by atoms with van der Waals surface area (Å²) < 4.78 is 16.9. The Morgan fingerprint density at radius 2 is 1.53 bits per heavy atom. The van der Waals surface area contributed by atoms with E-state index in [2.05, 4.69) is 31.5 Å². The second-order valence-corrected chi connectivity index (χ2v) is 15.8. The number of hydrogen-bond donors (Lipinski definition) is 0. The van der Waals surface area contributed by atoms with E-state index in [4.69, 9.17) is 14.2 Å². The molecule has 0 fully saturated rings. The van der Waals surface area contributed by atoms with Gasteiger partial charge in [0.2, 0.25) is 0 Å². The van der Waals surface area contributed by atoms with Gasteiger partial charge in [0.05, 0.1) is 36.0 Å². The van der Waals surface area contributed by atoms with Crippen molar-refractivity contribution in [2.45, 2.75) is 39.5 Å². The first-order valence-corrected chi connectivity index (χ1v) is 16.6. The number of hydrogen-bond acceptors (Lipinski definition) is 6. The Balaban J connectivity index is 2.27. The van der Waals surface area contributed by atoms with Gasteiger partial charge >= 0.3 is 11.9 Å². The van der Waals surface area contributed by atoms with Crippen molar-refractivity contribution in [1.29, 1.82) is 0 Å². The molecule has 0 bridgehead atoms. The number of allylic oxidation sites excluding steroid dienone is 1. The number of ether oxygens (including phenoxy) is 3. The maximum atomic E-state index is 13.9. The van der Waals surface area contributed by atoms with Crippen LogP contribution in [-0.4, -0.2) is 52.0 Å². The van der Waals surface area contributed by atoms with E-state index in [0.717, 1.165) is 17.2 Å². The summed E-state index contributed by atoms with van der Waals surface area (Å²) in [7, 11) is 0.131. The average Bonchev–Trinajstić information content (AvgIpc) is 2.88. The predicted octanol–water partition coefficient (Wildman–Crippen LogP) is 5.70. The van der Waals surface area contributed by atoms with Crippen LogP contribution < -0.4 is 0 Å². The van der Waals surface area contributed by atoms with Gasteiger partial charge < -0.3 is 19.1 Å². The number of benzene rings is 2. The van der Waals surface area contributed by atoms with Crippen LogP contribution >= 0.6 is 0 Å². The number of rotatable bonds is 9. The van der Waals surface area contributed by atoms with Crippen LogP contribution in [0.3, 0.4) is 0 Å². The fourth-order valence-corrected chi connectivity index (χ4v) is 4.90. The Hall–Kier alpha value is -3.60. The summed E-state index contributed by atoms with van der Waals surface area (Å²) in [5, 5.41) is 0. The third-order valence-corrected chi connectivity index (χ3v) is 7.84. The van der Waals surface area contributed by atoms with Crippen LogP contribution in [0, 0.1) is 17.8 Å². The molecule has 3 rings (SSSR count). The second-order valence-electron chi connectivity index (χ2n) is 10.2. The van der Waals surface area contributed by atoms with Crippen LogP contribution in [0.1, 0.15) is 25.0 Å². The molecule has 0 radical (unpaired) electrons. The van der Waals surface area contributed by atoms with Gasteiger partial charge in [0.1, 0.15) is 6.73 Å². The topological polar surface area (TPSA) is 65.1 Å². The minimum absolute atomic E-state index is 0.128. The standard InChI is InChI=1S/C31H37NO5Si/c1-7-36-30(33)27-23(2)32(22-35-3)29(25-16-12-9-13-17-25)28(31(34)37-20-21-38(4,5)6)26(27)19-18-24-14-10-8-11-15-24/h8-17,26H,7,20-22H2,1-6H3. The monoisotopic (exact) mass is 531 g/mol. The fourth-order valence-electron chi connectivity index (χ4n) is 4.18. The molecule has 0 spiro atoms. The highest BCUT2D eigenvalue weighted by Gasteiger charge is 2.41. The van der Waals surface area contributed by atoms with Crippen molar-refractivity contribution in [3.8, 4) is 11.8 Å². The molecule has 1 heterocycles. The molecule has 0 aliphatic carbocycles. The Labute approximate surface area is 227 Å². The highest BCUT2D eigenvalue weighted by Crippen LogP contribution is 2.41. The van der Waals surface area contributed by atoms with Gasteiger partial charge in [-0.25, -0.2) is 9.59 Å². The third kappa shape index (κ3) is 7.24. The van der Waals surface area contributed by atoms with Crippen molar-refractivity contribution in [2.24, 2.45) is 5.92 Å². The lowest BCUT2D eigenvalue weighted by molar-refractivity contribution is -0.139. The van der Waals surface area contributed by atoms with Gasteiger partial charge in [-0.3, -0.25) is 0 Å². The first kappa shape index (κ1) is 29.0.